The first-order valence-corrected chi connectivity index (χ1v) is 11.7. The van der Waals surface area contributed by atoms with Gasteiger partial charge in [-0.3, -0.25) is 10.1 Å². The summed E-state index contributed by atoms with van der Waals surface area (Å²) < 4.78 is 33.6. The minimum atomic E-state index is -3.93. The molecule has 0 aromatic heterocycles. The highest BCUT2D eigenvalue weighted by molar-refractivity contribution is 7.89. The third kappa shape index (κ3) is 5.63. The van der Waals surface area contributed by atoms with E-state index in [1.165, 1.54) is 33.5 Å². The van der Waals surface area contributed by atoms with Crippen molar-refractivity contribution in [2.24, 2.45) is 0 Å². The summed E-state index contributed by atoms with van der Waals surface area (Å²) in [5, 5.41) is 10.9. The number of nitrogens with zero attached hydrogens (tertiary/aromatic N) is 3. The first-order chi connectivity index (χ1) is 15.0. The van der Waals surface area contributed by atoms with E-state index in [1.54, 1.807) is 20.8 Å². The lowest BCUT2D eigenvalue weighted by atomic mass is 10.0. The fourth-order valence-electron chi connectivity index (χ4n) is 3.58. The van der Waals surface area contributed by atoms with E-state index >= 15 is 0 Å². The summed E-state index contributed by atoms with van der Waals surface area (Å²) in [7, 11) is -3.93. The minimum absolute atomic E-state index is 0.0214. The van der Waals surface area contributed by atoms with Crippen LogP contribution in [-0.4, -0.2) is 59.9 Å². The number of sulfonamides is 1. The second kappa shape index (κ2) is 9.25. The van der Waals surface area contributed by atoms with Gasteiger partial charge in [-0.1, -0.05) is 30.3 Å². The standard InChI is InChI=1S/C22H27N3O6S/c1-22(2,3)31-21(26)23-13-14-24(19(16-23)15-17-7-5-4-6-8-17)32(29,30)20-11-9-18(10-12-20)25(27)28/h4-12,19H,13-16H2,1-3H3/t19-/m0/s1. The van der Waals surface area contributed by atoms with Crippen LogP contribution in [0.4, 0.5) is 10.5 Å². The Bertz CT molecular complexity index is 1070. The Labute approximate surface area is 187 Å². The topological polar surface area (TPSA) is 110 Å². The fraction of sp³-hybridized carbons (Fsp3) is 0.409. The second-order valence-corrected chi connectivity index (χ2v) is 10.5. The van der Waals surface area contributed by atoms with Crippen molar-refractivity contribution in [2.45, 2.75) is 43.7 Å². The average Bonchev–Trinajstić information content (AvgIpc) is 2.73. The molecule has 1 heterocycles. The van der Waals surface area contributed by atoms with Gasteiger partial charge in [-0.2, -0.15) is 4.31 Å². The van der Waals surface area contributed by atoms with Crippen LogP contribution in [-0.2, 0) is 21.2 Å². The summed E-state index contributed by atoms with van der Waals surface area (Å²) >= 11 is 0. The van der Waals surface area contributed by atoms with Crippen molar-refractivity contribution in [2.75, 3.05) is 19.6 Å². The molecular formula is C22H27N3O6S. The van der Waals surface area contributed by atoms with Gasteiger partial charge in [-0.15, -0.1) is 0 Å². The van der Waals surface area contributed by atoms with Crippen LogP contribution in [0.3, 0.4) is 0 Å². The number of carbonyl (C=O) groups is 1. The number of hydrogen-bond donors (Lipinski definition) is 0. The number of rotatable bonds is 5. The zero-order valence-corrected chi connectivity index (χ0v) is 19.1. The van der Waals surface area contributed by atoms with E-state index in [4.69, 9.17) is 4.74 Å². The van der Waals surface area contributed by atoms with Crippen LogP contribution in [0.2, 0.25) is 0 Å². The maximum Gasteiger partial charge on any atom is 0.410 e. The van der Waals surface area contributed by atoms with E-state index in [-0.39, 0.29) is 30.2 Å². The molecule has 1 amide bonds. The number of nitro benzene ring substituents is 1. The molecule has 0 saturated carbocycles. The van der Waals surface area contributed by atoms with Gasteiger partial charge in [0, 0.05) is 37.8 Å². The Balaban J connectivity index is 1.88. The monoisotopic (exact) mass is 461 g/mol. The molecule has 32 heavy (non-hydrogen) atoms. The van der Waals surface area contributed by atoms with Gasteiger partial charge in [0.25, 0.3) is 5.69 Å². The fourth-order valence-corrected chi connectivity index (χ4v) is 5.18. The number of piperazine rings is 1. The van der Waals surface area contributed by atoms with E-state index in [0.29, 0.717) is 6.42 Å². The summed E-state index contributed by atoms with van der Waals surface area (Å²) in [6.07, 6.45) is -0.0743. The molecule has 1 saturated heterocycles. The van der Waals surface area contributed by atoms with Gasteiger partial charge >= 0.3 is 6.09 Å². The Hall–Kier alpha value is -2.98. The number of hydrogen-bond acceptors (Lipinski definition) is 6. The molecule has 9 nitrogen and oxygen atoms in total. The quantitative estimate of drug-likeness (QED) is 0.498. The molecular weight excluding hydrogens is 434 g/mol. The van der Waals surface area contributed by atoms with Crippen molar-refractivity contribution in [1.29, 1.82) is 0 Å². The van der Waals surface area contributed by atoms with Crippen LogP contribution in [0.1, 0.15) is 26.3 Å². The summed E-state index contributed by atoms with van der Waals surface area (Å²) in [4.78, 5) is 24.5. The number of ether oxygens (including phenoxy) is 1. The maximum atomic E-state index is 13.4. The van der Waals surface area contributed by atoms with Gasteiger partial charge in [0.05, 0.1) is 9.82 Å². The molecule has 3 rings (SSSR count). The highest BCUT2D eigenvalue weighted by atomic mass is 32.2. The van der Waals surface area contributed by atoms with Crippen molar-refractivity contribution >= 4 is 21.8 Å². The van der Waals surface area contributed by atoms with Crippen molar-refractivity contribution in [3.05, 3.63) is 70.3 Å². The number of non-ortho nitro benzene ring substituents is 1. The first-order valence-electron chi connectivity index (χ1n) is 10.3. The second-order valence-electron chi connectivity index (χ2n) is 8.64. The normalized spacial score (nSPS) is 17.7. The van der Waals surface area contributed by atoms with Crippen LogP contribution >= 0.6 is 0 Å². The van der Waals surface area contributed by atoms with E-state index in [1.807, 2.05) is 30.3 Å². The lowest BCUT2D eigenvalue weighted by molar-refractivity contribution is -0.384. The van der Waals surface area contributed by atoms with Crippen LogP contribution in [0, 0.1) is 10.1 Å². The zero-order valence-electron chi connectivity index (χ0n) is 18.3. The van der Waals surface area contributed by atoms with Gasteiger partial charge < -0.3 is 9.64 Å². The molecule has 0 spiro atoms. The zero-order chi connectivity index (χ0) is 23.5. The Morgan fingerprint density at radius 1 is 1.09 bits per heavy atom. The van der Waals surface area contributed by atoms with Crippen LogP contribution in [0.25, 0.3) is 0 Å². The van der Waals surface area contributed by atoms with Crippen LogP contribution in [0.15, 0.2) is 59.5 Å². The van der Waals surface area contributed by atoms with E-state index in [9.17, 15) is 23.3 Å². The van der Waals surface area contributed by atoms with Gasteiger partial charge in [0.2, 0.25) is 10.0 Å². The summed E-state index contributed by atoms with van der Waals surface area (Å²) in [5.74, 6) is 0. The Kier molecular flexibility index (Phi) is 6.85. The molecule has 2 aromatic rings. The number of nitro groups is 1. The largest absolute Gasteiger partial charge is 0.444 e. The number of benzene rings is 2. The van der Waals surface area contributed by atoms with Crippen molar-refractivity contribution < 1.29 is 22.9 Å². The lowest BCUT2D eigenvalue weighted by Gasteiger charge is -2.40. The number of carbonyl (C=O) groups excluding carboxylic acids is 1. The van der Waals surface area contributed by atoms with Gasteiger partial charge in [-0.25, -0.2) is 13.2 Å². The predicted octanol–water partition coefficient (Wildman–Crippen LogP) is 3.45. The molecule has 1 aliphatic rings. The molecule has 1 fully saturated rings. The molecule has 0 N–H and O–H groups in total. The SMILES string of the molecule is CC(C)(C)OC(=O)N1CCN(S(=O)(=O)c2ccc([N+](=O)[O-])cc2)[C@@H](Cc2ccccc2)C1. The summed E-state index contributed by atoms with van der Waals surface area (Å²) in [6, 6.07) is 13.8. The molecule has 172 valence electrons. The van der Waals surface area contributed by atoms with Gasteiger partial charge in [0.1, 0.15) is 5.60 Å². The predicted molar refractivity (Wildman–Crippen MR) is 119 cm³/mol. The summed E-state index contributed by atoms with van der Waals surface area (Å²) in [5.41, 5.74) is 0.0977. The lowest BCUT2D eigenvalue weighted by Crippen LogP contribution is -2.57. The molecule has 1 aliphatic heterocycles. The Morgan fingerprint density at radius 2 is 1.72 bits per heavy atom. The molecule has 10 heteroatoms. The molecule has 0 aliphatic carbocycles. The third-order valence-electron chi connectivity index (χ3n) is 5.05. The van der Waals surface area contributed by atoms with Gasteiger partial charge in [-0.05, 0) is 44.9 Å². The highest BCUT2D eigenvalue weighted by Crippen LogP contribution is 2.26. The first kappa shape index (κ1) is 23.7. The minimum Gasteiger partial charge on any atom is -0.444 e. The molecule has 0 bridgehead atoms. The molecule has 0 unspecified atom stereocenters. The Morgan fingerprint density at radius 3 is 2.28 bits per heavy atom. The molecule has 2 aromatic carbocycles. The summed E-state index contributed by atoms with van der Waals surface area (Å²) in [6.45, 7) is 5.80. The van der Waals surface area contributed by atoms with Crippen molar-refractivity contribution in [3.63, 3.8) is 0 Å². The van der Waals surface area contributed by atoms with E-state index < -0.39 is 32.7 Å². The third-order valence-corrected chi connectivity index (χ3v) is 7.01. The van der Waals surface area contributed by atoms with Crippen molar-refractivity contribution in [1.82, 2.24) is 9.21 Å². The van der Waals surface area contributed by atoms with Crippen molar-refractivity contribution in [3.8, 4) is 0 Å². The smallest absolute Gasteiger partial charge is 0.410 e. The number of amides is 1. The van der Waals surface area contributed by atoms with Crippen LogP contribution < -0.4 is 0 Å². The van der Waals surface area contributed by atoms with E-state index in [2.05, 4.69) is 0 Å². The van der Waals surface area contributed by atoms with Crippen LogP contribution in [0.5, 0.6) is 0 Å². The molecule has 1 atom stereocenters. The van der Waals surface area contributed by atoms with Gasteiger partial charge in [0.15, 0.2) is 0 Å². The van der Waals surface area contributed by atoms with E-state index in [0.717, 1.165) is 5.56 Å². The average molecular weight is 462 g/mol. The highest BCUT2D eigenvalue weighted by Gasteiger charge is 2.38. The maximum absolute atomic E-state index is 13.4. The molecule has 0 radical (unpaired) electrons.